The summed E-state index contributed by atoms with van der Waals surface area (Å²) in [6.07, 6.45) is 6.60. The number of aliphatic hydroxyl groups excluding tert-OH is 1. The number of hydrogen-bond acceptors (Lipinski definition) is 10. The van der Waals surface area contributed by atoms with Crippen LogP contribution in [0.15, 0.2) is 78.9 Å². The maximum Gasteiger partial charge on any atom is 0.257 e. The van der Waals surface area contributed by atoms with Crippen molar-refractivity contribution < 1.29 is 29.0 Å². The number of fused-ring (bicyclic) bond motifs is 2. The van der Waals surface area contributed by atoms with Gasteiger partial charge in [-0.25, -0.2) is 4.98 Å². The number of aromatic nitrogens is 3. The van der Waals surface area contributed by atoms with E-state index in [0.717, 1.165) is 104 Å². The van der Waals surface area contributed by atoms with Crippen LogP contribution in [-0.2, 0) is 27.3 Å². The lowest BCUT2D eigenvalue weighted by molar-refractivity contribution is -0.137. The van der Waals surface area contributed by atoms with Crippen LogP contribution in [0.5, 0.6) is 5.75 Å². The van der Waals surface area contributed by atoms with E-state index in [0.29, 0.717) is 30.0 Å². The first-order valence-electron chi connectivity index (χ1n) is 24.0. The summed E-state index contributed by atoms with van der Waals surface area (Å²) in [7, 11) is 0. The molecule has 14 nitrogen and oxygen atoms in total. The second kappa shape index (κ2) is 20.4. The molecule has 1 atom stereocenters. The third-order valence-electron chi connectivity index (χ3n) is 14.0. The molecule has 2 saturated heterocycles. The lowest BCUT2D eigenvalue weighted by Gasteiger charge is -2.35. The highest BCUT2D eigenvalue weighted by atomic mass is 16.5. The number of aliphatic hydroxyl groups is 1. The van der Waals surface area contributed by atoms with Crippen LogP contribution in [0, 0.1) is 17.8 Å². The summed E-state index contributed by atoms with van der Waals surface area (Å²) in [5, 5.41) is 19.9. The Morgan fingerprint density at radius 2 is 1.61 bits per heavy atom. The number of nitrogens with one attached hydrogen (secondary N) is 2. The number of amides is 4. The Morgan fingerprint density at radius 3 is 2.33 bits per heavy atom. The summed E-state index contributed by atoms with van der Waals surface area (Å²) in [5.74, 6) is 0.175. The number of nitrogens with zero attached hydrogens (tertiary/aromatic N) is 6. The van der Waals surface area contributed by atoms with Gasteiger partial charge in [-0.3, -0.25) is 29.4 Å². The van der Waals surface area contributed by atoms with Gasteiger partial charge < -0.3 is 25.0 Å². The molecule has 3 N–H and O–H groups in total. The van der Waals surface area contributed by atoms with Crippen molar-refractivity contribution in [3.8, 4) is 28.1 Å². The van der Waals surface area contributed by atoms with Crippen molar-refractivity contribution >= 4 is 35.1 Å². The molecular weight excluding hydrogens is 845 g/mol. The average molecular weight is 911 g/mol. The Balaban J connectivity index is 0.803. The van der Waals surface area contributed by atoms with Crippen LogP contribution in [-0.4, -0.2) is 112 Å². The van der Waals surface area contributed by atoms with Crippen molar-refractivity contribution in [2.24, 2.45) is 10.8 Å². The van der Waals surface area contributed by atoms with E-state index in [1.54, 1.807) is 18.2 Å². The molecule has 1 unspecified atom stereocenters. The first kappa shape index (κ1) is 47.4. The summed E-state index contributed by atoms with van der Waals surface area (Å²) in [4.78, 5) is 61.6. The monoisotopic (exact) mass is 911 g/mol. The van der Waals surface area contributed by atoms with Gasteiger partial charge in [0.25, 0.3) is 11.8 Å². The van der Waals surface area contributed by atoms with E-state index in [2.05, 4.69) is 110 Å². The number of carbonyl (C=O) groups is 4. The fourth-order valence-corrected chi connectivity index (χ4v) is 9.73. The molecule has 2 fully saturated rings. The van der Waals surface area contributed by atoms with E-state index in [9.17, 15) is 24.3 Å². The van der Waals surface area contributed by atoms with Gasteiger partial charge in [0.15, 0.2) is 12.3 Å². The molecule has 0 saturated carbocycles. The highest BCUT2D eigenvalue weighted by Gasteiger charge is 2.40. The normalized spacial score (nSPS) is 17.0. The predicted octanol–water partition coefficient (Wildman–Crippen LogP) is 6.99. The van der Waals surface area contributed by atoms with E-state index >= 15 is 0 Å². The molecule has 14 heteroatoms. The minimum Gasteiger partial charge on any atom is -0.483 e. The van der Waals surface area contributed by atoms with Crippen molar-refractivity contribution in [1.82, 2.24) is 35.0 Å². The third kappa shape index (κ3) is 11.2. The number of aryl methyl sites for hydroxylation is 2. The molecule has 0 bridgehead atoms. The quantitative estimate of drug-likeness (QED) is 0.0737. The summed E-state index contributed by atoms with van der Waals surface area (Å²) >= 11 is 0. The number of β-amino-alcohol motifs (C(OH)–C–C–N with tert-alkyl or cyclic N) is 1. The number of benzene rings is 3. The van der Waals surface area contributed by atoms with Crippen molar-refractivity contribution in [2.75, 3.05) is 57.4 Å². The number of imide groups is 1. The molecule has 3 aliphatic rings. The van der Waals surface area contributed by atoms with Crippen LogP contribution in [0.2, 0.25) is 0 Å². The van der Waals surface area contributed by atoms with Crippen molar-refractivity contribution in [1.29, 1.82) is 0 Å². The Morgan fingerprint density at radius 1 is 0.881 bits per heavy atom. The van der Waals surface area contributed by atoms with Crippen LogP contribution < -0.4 is 20.3 Å². The molecule has 3 aromatic carbocycles. The molecule has 5 aromatic rings. The van der Waals surface area contributed by atoms with Crippen molar-refractivity contribution in [2.45, 2.75) is 98.6 Å². The molecule has 2 aromatic heterocycles. The maximum absolute atomic E-state index is 13.2. The highest BCUT2D eigenvalue weighted by Crippen LogP contribution is 2.38. The van der Waals surface area contributed by atoms with Gasteiger partial charge in [0.1, 0.15) is 17.6 Å². The topological polar surface area (TPSA) is 162 Å². The van der Waals surface area contributed by atoms with E-state index in [1.165, 1.54) is 10.5 Å². The van der Waals surface area contributed by atoms with Crippen molar-refractivity contribution in [3.63, 3.8) is 0 Å². The van der Waals surface area contributed by atoms with E-state index < -0.39 is 11.9 Å². The van der Waals surface area contributed by atoms with Gasteiger partial charge in [0.05, 0.1) is 24.5 Å². The van der Waals surface area contributed by atoms with Gasteiger partial charge in [-0.2, -0.15) is 9.61 Å². The average Bonchev–Trinajstić information content (AvgIpc) is 3.83. The summed E-state index contributed by atoms with van der Waals surface area (Å²) in [6, 6.07) is 25.9. The molecule has 354 valence electrons. The van der Waals surface area contributed by atoms with E-state index in [1.807, 2.05) is 10.6 Å². The molecule has 0 spiro atoms. The molecule has 3 aliphatic heterocycles. The fourth-order valence-electron chi connectivity index (χ4n) is 9.73. The first-order valence-corrected chi connectivity index (χ1v) is 24.0. The van der Waals surface area contributed by atoms with Gasteiger partial charge in [-0.15, -0.1) is 0 Å². The Kier molecular flexibility index (Phi) is 14.4. The number of piperidine rings is 1. The number of carbonyl (C=O) groups excluding carboxylic acids is 4. The number of hydrogen-bond donors (Lipinski definition) is 3. The number of anilines is 1. The third-order valence-corrected chi connectivity index (χ3v) is 14.0. The zero-order chi connectivity index (χ0) is 47.3. The van der Waals surface area contributed by atoms with Crippen LogP contribution >= 0.6 is 0 Å². The molecule has 5 heterocycles. The molecule has 67 heavy (non-hydrogen) atoms. The Labute approximate surface area is 394 Å². The smallest absolute Gasteiger partial charge is 0.257 e. The standard InChI is InChI=1S/C53H66N8O6/c1-36-48(49-55-42(38-12-7-6-8-13-38)33-47(61(49)57-36)59-29-27-58(28-30-59)31-32-62)39-18-16-37(17-19-39)11-10-22-52(2,3)23-24-53(4,5)25-26-54-46(64)35-67-44-15-9-14-40-41(44)34-60(51(40)66)43-20-21-45(63)56-50(43)65/h6-9,12-19,33,43,62H,10-11,20-32,34-35H2,1-5H3,(H,54,64)(H,56,63,65). The summed E-state index contributed by atoms with van der Waals surface area (Å²) in [6.45, 7) is 16.2. The predicted molar refractivity (Wildman–Crippen MR) is 260 cm³/mol. The maximum atomic E-state index is 13.2. The van der Waals surface area contributed by atoms with Gasteiger partial charge in [-0.1, -0.05) is 88.4 Å². The van der Waals surface area contributed by atoms with Gasteiger partial charge in [0.2, 0.25) is 11.8 Å². The second-order valence-electron chi connectivity index (χ2n) is 20.1. The van der Waals surface area contributed by atoms with Crippen LogP contribution in [0.25, 0.3) is 28.0 Å². The van der Waals surface area contributed by atoms with E-state index in [4.69, 9.17) is 14.8 Å². The number of ether oxygens (including phenoxy) is 1. The van der Waals surface area contributed by atoms with E-state index in [-0.39, 0.29) is 61.2 Å². The number of piperazine rings is 1. The SMILES string of the molecule is Cc1nn2c(N3CCN(CCO)CC3)cc(-c3ccccc3)nc2c1-c1ccc(CCCC(C)(C)CCC(C)(C)CCNC(=O)COc2cccc3c2CN(C2CCC(=O)NC2=O)C3=O)cc1. The van der Waals surface area contributed by atoms with Crippen LogP contribution in [0.4, 0.5) is 5.82 Å². The van der Waals surface area contributed by atoms with Gasteiger partial charge in [0, 0.05) is 74.0 Å². The molecule has 8 rings (SSSR count). The molecule has 0 aliphatic carbocycles. The van der Waals surface area contributed by atoms with Crippen LogP contribution in [0.3, 0.4) is 0 Å². The molecular formula is C53H66N8O6. The zero-order valence-electron chi connectivity index (χ0n) is 39.8. The first-order chi connectivity index (χ1) is 32.2. The minimum atomic E-state index is -0.715. The lowest BCUT2D eigenvalue weighted by Crippen LogP contribution is -2.52. The fraction of sp³-hybridized carbons (Fsp3) is 0.472. The minimum absolute atomic E-state index is 0.0321. The van der Waals surface area contributed by atoms with Gasteiger partial charge >= 0.3 is 0 Å². The molecule has 0 radical (unpaired) electrons. The van der Waals surface area contributed by atoms with Gasteiger partial charge in [-0.05, 0) is 86.0 Å². The lowest BCUT2D eigenvalue weighted by atomic mass is 9.75. The summed E-state index contributed by atoms with van der Waals surface area (Å²) < 4.78 is 7.94. The largest absolute Gasteiger partial charge is 0.483 e. The zero-order valence-corrected chi connectivity index (χ0v) is 39.8. The Hall–Kier alpha value is -6.12. The second-order valence-corrected chi connectivity index (χ2v) is 20.1. The van der Waals surface area contributed by atoms with Crippen LogP contribution in [0.1, 0.15) is 99.8 Å². The molecule has 4 amide bonds. The Bertz CT molecular complexity index is 2580. The number of rotatable bonds is 19. The summed E-state index contributed by atoms with van der Waals surface area (Å²) in [5.41, 5.74) is 8.56. The highest BCUT2D eigenvalue weighted by molar-refractivity contribution is 6.05. The van der Waals surface area contributed by atoms with Crippen molar-refractivity contribution in [3.05, 3.63) is 101 Å².